The molecule has 0 aromatic carbocycles. The van der Waals surface area contributed by atoms with Gasteiger partial charge in [-0.3, -0.25) is 14.4 Å². The Labute approximate surface area is 203 Å². The van der Waals surface area contributed by atoms with Gasteiger partial charge >= 0.3 is 0 Å². The third-order valence-corrected chi connectivity index (χ3v) is 7.15. The van der Waals surface area contributed by atoms with Gasteiger partial charge in [0.25, 0.3) is 5.91 Å². The third kappa shape index (κ3) is 5.41. The first-order chi connectivity index (χ1) is 15.6. The second-order valence-electron chi connectivity index (χ2n) is 9.70. The lowest BCUT2D eigenvalue weighted by Crippen LogP contribution is -2.35. The van der Waals surface area contributed by atoms with E-state index in [9.17, 15) is 4.79 Å². The lowest BCUT2D eigenvalue weighted by Gasteiger charge is -2.20. The molecule has 4 rings (SSSR count). The number of amides is 1. The molecule has 0 unspecified atom stereocenters. The average molecular weight is 518 g/mol. The van der Waals surface area contributed by atoms with E-state index < -0.39 is 0 Å². The van der Waals surface area contributed by atoms with Crippen LogP contribution in [0.5, 0.6) is 0 Å². The van der Waals surface area contributed by atoms with Crippen molar-refractivity contribution in [3.63, 3.8) is 0 Å². The van der Waals surface area contributed by atoms with Crippen LogP contribution >= 0.6 is 15.9 Å². The monoisotopic (exact) mass is 517 g/mol. The first-order valence-corrected chi connectivity index (χ1v) is 12.2. The average Bonchev–Trinajstić information content (AvgIpc) is 3.42. The van der Waals surface area contributed by atoms with Gasteiger partial charge in [0.1, 0.15) is 11.5 Å². The van der Waals surface area contributed by atoms with Gasteiger partial charge < -0.3 is 13.7 Å². The Kier molecular flexibility index (Phi) is 6.81. The molecule has 1 aliphatic rings. The number of carbonyl (C=O) groups excluding carboxylic acids is 1. The molecule has 33 heavy (non-hydrogen) atoms. The maximum atomic E-state index is 13.1. The highest BCUT2D eigenvalue weighted by atomic mass is 79.9. The maximum Gasteiger partial charge on any atom is 0.289 e. The summed E-state index contributed by atoms with van der Waals surface area (Å²) in [5.41, 5.74) is 1.91. The van der Waals surface area contributed by atoms with Crippen LogP contribution in [0.1, 0.15) is 66.5 Å². The zero-order valence-corrected chi connectivity index (χ0v) is 21.6. The molecule has 9 heteroatoms. The van der Waals surface area contributed by atoms with Crippen molar-refractivity contribution < 1.29 is 13.6 Å². The highest BCUT2D eigenvalue weighted by molar-refractivity contribution is 9.10. The summed E-state index contributed by atoms with van der Waals surface area (Å²) < 4.78 is 14.7. The fourth-order valence-electron chi connectivity index (χ4n) is 3.96. The Balaban J connectivity index is 1.35. The molecule has 0 radical (unpaired) electrons. The van der Waals surface area contributed by atoms with Crippen molar-refractivity contribution in [3.05, 3.63) is 57.4 Å². The summed E-state index contributed by atoms with van der Waals surface area (Å²) in [6.45, 7) is 14.5. The summed E-state index contributed by atoms with van der Waals surface area (Å²) in [5, 5.41) is 4.52. The predicted molar refractivity (Wildman–Crippen MR) is 128 cm³/mol. The molecule has 1 aliphatic heterocycles. The van der Waals surface area contributed by atoms with Crippen LogP contribution in [-0.2, 0) is 18.5 Å². The number of nitrogens with zero attached hydrogens (tertiary/aromatic N) is 5. The van der Waals surface area contributed by atoms with E-state index >= 15 is 0 Å². The molecule has 0 bridgehead atoms. The SMILES string of the molecule is Cc1nn(Cc2ccc(C(=O)N3CCCN(Cc4ncc(C(C)(C)C)o4)CC3)o2)c(C)c1Br. The van der Waals surface area contributed by atoms with Crippen LogP contribution in [0.3, 0.4) is 0 Å². The van der Waals surface area contributed by atoms with Crippen LogP contribution in [0, 0.1) is 13.8 Å². The molecular formula is C24H32BrN5O3. The zero-order chi connectivity index (χ0) is 23.8. The van der Waals surface area contributed by atoms with Gasteiger partial charge in [0.05, 0.1) is 35.1 Å². The van der Waals surface area contributed by atoms with Gasteiger partial charge in [0.2, 0.25) is 5.89 Å². The van der Waals surface area contributed by atoms with Crippen LogP contribution < -0.4 is 0 Å². The fraction of sp³-hybridized carbons (Fsp3) is 0.542. The predicted octanol–water partition coefficient (Wildman–Crippen LogP) is 4.54. The van der Waals surface area contributed by atoms with Crippen molar-refractivity contribution in [2.75, 3.05) is 26.2 Å². The van der Waals surface area contributed by atoms with Gasteiger partial charge in [-0.15, -0.1) is 0 Å². The summed E-state index contributed by atoms with van der Waals surface area (Å²) in [6, 6.07) is 3.62. The van der Waals surface area contributed by atoms with Gasteiger partial charge in [0, 0.05) is 31.6 Å². The lowest BCUT2D eigenvalue weighted by atomic mass is 9.94. The Morgan fingerprint density at radius 3 is 2.55 bits per heavy atom. The van der Waals surface area contributed by atoms with Gasteiger partial charge in [0.15, 0.2) is 5.76 Å². The van der Waals surface area contributed by atoms with E-state index in [4.69, 9.17) is 8.83 Å². The van der Waals surface area contributed by atoms with E-state index in [0.717, 1.165) is 47.0 Å². The molecular weight excluding hydrogens is 486 g/mol. The van der Waals surface area contributed by atoms with Crippen LogP contribution in [0.2, 0.25) is 0 Å². The quantitative estimate of drug-likeness (QED) is 0.494. The minimum atomic E-state index is -0.0659. The first-order valence-electron chi connectivity index (χ1n) is 11.4. The smallest absolute Gasteiger partial charge is 0.289 e. The van der Waals surface area contributed by atoms with Crippen molar-refractivity contribution in [2.45, 2.75) is 59.5 Å². The zero-order valence-electron chi connectivity index (χ0n) is 20.0. The first kappa shape index (κ1) is 23.8. The molecule has 1 amide bonds. The second-order valence-corrected chi connectivity index (χ2v) is 10.5. The number of rotatable bonds is 5. The number of oxazole rings is 1. The minimum Gasteiger partial charge on any atom is -0.454 e. The van der Waals surface area contributed by atoms with Crippen LogP contribution in [0.15, 0.2) is 31.6 Å². The van der Waals surface area contributed by atoms with Gasteiger partial charge in [-0.25, -0.2) is 4.98 Å². The summed E-state index contributed by atoms with van der Waals surface area (Å²) >= 11 is 3.55. The fourth-order valence-corrected chi connectivity index (χ4v) is 4.25. The molecule has 3 aromatic heterocycles. The highest BCUT2D eigenvalue weighted by Crippen LogP contribution is 2.24. The molecule has 1 fully saturated rings. The third-order valence-electron chi connectivity index (χ3n) is 6.00. The molecule has 4 heterocycles. The van der Waals surface area contributed by atoms with Crippen molar-refractivity contribution in [1.29, 1.82) is 0 Å². The summed E-state index contributed by atoms with van der Waals surface area (Å²) in [6.07, 6.45) is 2.72. The van der Waals surface area contributed by atoms with Crippen molar-refractivity contribution in [3.8, 4) is 0 Å². The molecule has 0 N–H and O–H groups in total. The number of furan rings is 1. The van der Waals surface area contributed by atoms with Gasteiger partial charge in [-0.05, 0) is 48.3 Å². The highest BCUT2D eigenvalue weighted by Gasteiger charge is 2.25. The second kappa shape index (κ2) is 9.46. The van der Waals surface area contributed by atoms with Crippen molar-refractivity contribution in [2.24, 2.45) is 0 Å². The largest absolute Gasteiger partial charge is 0.454 e. The number of aromatic nitrogens is 3. The molecule has 1 saturated heterocycles. The summed E-state index contributed by atoms with van der Waals surface area (Å²) in [5.74, 6) is 2.65. The normalized spacial score (nSPS) is 15.8. The van der Waals surface area contributed by atoms with E-state index in [1.807, 2.05) is 35.7 Å². The van der Waals surface area contributed by atoms with Gasteiger partial charge in [-0.2, -0.15) is 5.10 Å². The maximum absolute atomic E-state index is 13.1. The van der Waals surface area contributed by atoms with E-state index in [-0.39, 0.29) is 11.3 Å². The Bertz CT molecular complexity index is 1120. The Morgan fingerprint density at radius 1 is 1.09 bits per heavy atom. The number of aryl methyl sites for hydroxylation is 1. The Hall–Kier alpha value is -2.39. The Morgan fingerprint density at radius 2 is 1.88 bits per heavy atom. The molecule has 8 nitrogen and oxygen atoms in total. The molecule has 0 aliphatic carbocycles. The lowest BCUT2D eigenvalue weighted by molar-refractivity contribution is 0.0726. The van der Waals surface area contributed by atoms with Crippen molar-refractivity contribution in [1.82, 2.24) is 24.6 Å². The minimum absolute atomic E-state index is 0.0550. The standard InChI is InChI=1S/C24H32BrN5O3/c1-16-22(25)17(2)30(27-16)14-18-7-8-19(32-18)23(31)29-10-6-9-28(11-12-29)15-21-26-13-20(33-21)24(3,4)5/h7-8,13H,6,9-12,14-15H2,1-5H3. The summed E-state index contributed by atoms with van der Waals surface area (Å²) in [7, 11) is 0. The molecule has 178 valence electrons. The van der Waals surface area contributed by atoms with E-state index in [0.29, 0.717) is 37.7 Å². The van der Waals surface area contributed by atoms with E-state index in [2.05, 4.69) is 51.7 Å². The molecule has 3 aromatic rings. The van der Waals surface area contributed by atoms with E-state index in [1.54, 1.807) is 6.07 Å². The van der Waals surface area contributed by atoms with Crippen molar-refractivity contribution >= 4 is 21.8 Å². The molecule has 0 saturated carbocycles. The molecule has 0 atom stereocenters. The van der Waals surface area contributed by atoms with Crippen LogP contribution in [0.25, 0.3) is 0 Å². The topological polar surface area (TPSA) is 80.5 Å². The number of carbonyl (C=O) groups is 1. The van der Waals surface area contributed by atoms with Crippen LogP contribution in [-0.4, -0.2) is 56.7 Å². The van der Waals surface area contributed by atoms with Crippen LogP contribution in [0.4, 0.5) is 0 Å². The number of hydrogen-bond acceptors (Lipinski definition) is 6. The summed E-state index contributed by atoms with van der Waals surface area (Å²) in [4.78, 5) is 21.7. The molecule has 0 spiro atoms. The van der Waals surface area contributed by atoms with Gasteiger partial charge in [-0.1, -0.05) is 20.8 Å². The van der Waals surface area contributed by atoms with E-state index in [1.165, 1.54) is 0 Å². The number of halogens is 1. The number of hydrogen-bond donors (Lipinski definition) is 0.